The molecule has 0 rings (SSSR count). The number of carbonyl (C=O) groups is 3. The van der Waals surface area contributed by atoms with Gasteiger partial charge in [0.25, 0.3) is 0 Å². The summed E-state index contributed by atoms with van der Waals surface area (Å²) in [6.07, 6.45) is 35.1. The Hall–Kier alpha value is -1.59. The van der Waals surface area contributed by atoms with Gasteiger partial charge in [-0.15, -0.1) is 0 Å². The molecule has 0 aromatic rings. The number of aliphatic hydroxyl groups is 1. The fourth-order valence-corrected chi connectivity index (χ4v) is 5.92. The number of amides is 2. The monoisotopic (exact) mass is 653 g/mol. The van der Waals surface area contributed by atoms with Crippen LogP contribution in [0.1, 0.15) is 194 Å². The van der Waals surface area contributed by atoms with E-state index in [4.69, 9.17) is 0 Å². The van der Waals surface area contributed by atoms with E-state index in [1.54, 1.807) is 0 Å². The quantitative estimate of drug-likeness (QED) is 0.0430. The first kappa shape index (κ1) is 43.4. The van der Waals surface area contributed by atoms with Crippen LogP contribution in [-0.4, -0.2) is 40.4 Å². The van der Waals surface area contributed by atoms with Crippen LogP contribution in [0.25, 0.3) is 0 Å². The van der Waals surface area contributed by atoms with E-state index in [2.05, 4.69) is 30.5 Å². The molecule has 2 amide bonds. The summed E-state index contributed by atoms with van der Waals surface area (Å²) in [5.74, 6) is -1.99. The Kier molecular flexibility index (Phi) is 32.6. The molecule has 0 aromatic heterocycles. The van der Waals surface area contributed by atoms with Crippen molar-refractivity contribution in [3.8, 4) is 0 Å². The predicted octanol–water partition coefficient (Wildman–Crippen LogP) is 11.0. The second kappa shape index (κ2) is 33.8. The average molecular weight is 654 g/mol. The van der Waals surface area contributed by atoms with E-state index in [9.17, 15) is 24.1 Å². The maximum atomic E-state index is 13.1. The van der Waals surface area contributed by atoms with Crippen LogP contribution in [0.4, 0.5) is 0 Å². The zero-order valence-corrected chi connectivity index (χ0v) is 30.0. The van der Waals surface area contributed by atoms with Crippen LogP contribution in [-0.2, 0) is 23.5 Å². The van der Waals surface area contributed by atoms with E-state index in [1.807, 2.05) is 0 Å². The number of hydrogen-bond acceptors (Lipinski definition) is 6. The predicted molar refractivity (Wildman–Crippen MR) is 186 cm³/mol. The minimum Gasteiger partial charge on any atom is -0.394 e. The van der Waals surface area contributed by atoms with Gasteiger partial charge in [-0.25, -0.2) is 9.36 Å². The summed E-state index contributed by atoms with van der Waals surface area (Å²) in [7, 11) is -0.873. The van der Waals surface area contributed by atoms with Gasteiger partial charge in [-0.1, -0.05) is 154 Å². The van der Waals surface area contributed by atoms with Crippen LogP contribution in [0.2, 0.25) is 0 Å². The molecule has 0 aliphatic heterocycles. The molecule has 0 heterocycles. The molecule has 0 fully saturated rings. The van der Waals surface area contributed by atoms with E-state index in [1.165, 1.54) is 103 Å². The van der Waals surface area contributed by atoms with Crippen LogP contribution in [0.5, 0.6) is 0 Å². The molecular weight excluding hydrogens is 585 g/mol. The van der Waals surface area contributed by atoms with E-state index in [0.29, 0.717) is 12.8 Å². The molecule has 0 spiro atoms. The van der Waals surface area contributed by atoms with Gasteiger partial charge in [0.2, 0.25) is 11.8 Å². The topological polar surface area (TPSA) is 101 Å². The van der Waals surface area contributed by atoms with E-state index >= 15 is 0 Å². The van der Waals surface area contributed by atoms with Crippen LogP contribution < -0.4 is 0 Å². The van der Waals surface area contributed by atoms with Gasteiger partial charge >= 0.3 is 14.7 Å². The molecule has 7 nitrogen and oxygen atoms in total. The lowest BCUT2D eigenvalue weighted by molar-refractivity contribution is -0.158. The first-order valence-electron chi connectivity index (χ1n) is 18.7. The Morgan fingerprint density at radius 3 is 1.24 bits per heavy atom. The first-order chi connectivity index (χ1) is 22.0. The highest BCUT2D eigenvalue weighted by Crippen LogP contribution is 2.17. The van der Waals surface area contributed by atoms with Gasteiger partial charge in [0.05, 0.1) is 6.61 Å². The maximum absolute atomic E-state index is 13.1. The van der Waals surface area contributed by atoms with Gasteiger partial charge < -0.3 is 9.63 Å². The summed E-state index contributed by atoms with van der Waals surface area (Å²) in [5.41, 5.74) is 0. The lowest BCUT2D eigenvalue weighted by atomic mass is 10.0. The van der Waals surface area contributed by atoms with Gasteiger partial charge in [-0.3, -0.25) is 14.5 Å². The Balaban J connectivity index is 4.31. The molecule has 8 heteroatoms. The van der Waals surface area contributed by atoms with Gasteiger partial charge in [-0.05, 0) is 38.5 Å². The molecule has 0 saturated heterocycles. The normalized spacial score (nSPS) is 12.2. The summed E-state index contributed by atoms with van der Waals surface area (Å²) in [5, 5.41) is 9.82. The van der Waals surface area contributed by atoms with Crippen LogP contribution in [0, 0.1) is 0 Å². The van der Waals surface area contributed by atoms with Crippen molar-refractivity contribution in [2.24, 2.45) is 0 Å². The molecule has 0 radical (unpaired) electrons. The minimum absolute atomic E-state index is 0.126. The molecule has 0 bridgehead atoms. The number of aliphatic hydroxyl groups excluding tert-OH is 1. The molecular formula is C37H68NO6P. The average Bonchev–Trinajstić information content (AvgIpc) is 3.03. The second-order valence-electron chi connectivity index (χ2n) is 12.7. The van der Waals surface area contributed by atoms with Crippen molar-refractivity contribution in [2.45, 2.75) is 200 Å². The maximum Gasteiger partial charge on any atom is 0.398 e. The number of unbranched alkanes of at least 4 members (excludes halogenated alkanes) is 23. The zero-order chi connectivity index (χ0) is 33.2. The van der Waals surface area contributed by atoms with Gasteiger partial charge in [0.1, 0.15) is 0 Å². The van der Waals surface area contributed by atoms with E-state index < -0.39 is 39.1 Å². The Morgan fingerprint density at radius 2 is 0.911 bits per heavy atom. The lowest BCUT2D eigenvalue weighted by Crippen LogP contribution is -2.50. The third-order valence-electron chi connectivity index (χ3n) is 8.57. The molecule has 0 aliphatic rings. The fraction of sp³-hybridized carbons (Fsp3) is 0.865. The number of imide groups is 1. The Morgan fingerprint density at radius 1 is 0.578 bits per heavy atom. The van der Waals surface area contributed by atoms with Crippen molar-refractivity contribution < 1.29 is 28.6 Å². The van der Waals surface area contributed by atoms with Crippen molar-refractivity contribution in [2.75, 3.05) is 6.61 Å². The molecule has 0 unspecified atom stereocenters. The SMILES string of the molecule is CCCCCCCC/C=C\CCCCCCCC(=O)N(C(=O)CCCCCCCCCCCCCCC)[C@@H](CO)C(=O)OP=O. The summed E-state index contributed by atoms with van der Waals surface area (Å²) in [6.45, 7) is 3.73. The van der Waals surface area contributed by atoms with Crippen molar-refractivity contribution in [3.05, 3.63) is 12.2 Å². The molecule has 1 N–H and O–H groups in total. The molecule has 45 heavy (non-hydrogen) atoms. The number of hydrogen-bond donors (Lipinski definition) is 1. The van der Waals surface area contributed by atoms with Gasteiger partial charge in [0, 0.05) is 12.8 Å². The highest BCUT2D eigenvalue weighted by atomic mass is 31.1. The van der Waals surface area contributed by atoms with Crippen molar-refractivity contribution in [3.63, 3.8) is 0 Å². The summed E-state index contributed by atoms with van der Waals surface area (Å²) in [6, 6.07) is -1.46. The third kappa shape index (κ3) is 26.2. The van der Waals surface area contributed by atoms with Crippen molar-refractivity contribution in [1.82, 2.24) is 4.90 Å². The van der Waals surface area contributed by atoms with Crippen LogP contribution >= 0.6 is 8.69 Å². The highest BCUT2D eigenvalue weighted by molar-refractivity contribution is 7.18. The van der Waals surface area contributed by atoms with Crippen molar-refractivity contribution >= 4 is 26.5 Å². The van der Waals surface area contributed by atoms with Crippen LogP contribution in [0.15, 0.2) is 12.2 Å². The zero-order valence-electron chi connectivity index (χ0n) is 29.1. The lowest BCUT2D eigenvalue weighted by Gasteiger charge is -2.26. The summed E-state index contributed by atoms with van der Waals surface area (Å²) in [4.78, 5) is 39.3. The standard InChI is InChI=1S/C37H68NO6P/c1-3-5-7-9-11-13-15-17-18-20-22-24-26-28-30-32-36(41)38(34(33-39)37(42)44-45-43)35(40)31-29-27-25-23-21-19-16-14-12-10-8-6-4-2/h17-18,34,39H,3-16,19-33H2,1-2H3/b18-17-/t34-/m0/s1. The third-order valence-corrected chi connectivity index (χ3v) is 8.82. The second-order valence-corrected chi connectivity index (χ2v) is 13.0. The Labute approximate surface area is 278 Å². The molecule has 0 saturated carbocycles. The molecule has 0 aliphatic carbocycles. The molecule has 1 atom stereocenters. The van der Waals surface area contributed by atoms with Crippen molar-refractivity contribution in [1.29, 1.82) is 0 Å². The number of carbonyl (C=O) groups excluding carboxylic acids is 3. The first-order valence-corrected chi connectivity index (χ1v) is 19.4. The number of nitrogens with zero attached hydrogens (tertiary/aromatic N) is 1. The highest BCUT2D eigenvalue weighted by Gasteiger charge is 2.35. The summed E-state index contributed by atoms with van der Waals surface area (Å²) < 4.78 is 15.3. The smallest absolute Gasteiger partial charge is 0.394 e. The van der Waals surface area contributed by atoms with Gasteiger partial charge in [-0.2, -0.15) is 0 Å². The van der Waals surface area contributed by atoms with Gasteiger partial charge in [0.15, 0.2) is 6.04 Å². The molecule has 262 valence electrons. The Bertz CT molecular complexity index is 759. The number of allylic oxidation sites excluding steroid dienone is 2. The fourth-order valence-electron chi connectivity index (χ4n) is 5.73. The summed E-state index contributed by atoms with van der Waals surface area (Å²) >= 11 is 0. The minimum atomic E-state index is -1.46. The van der Waals surface area contributed by atoms with E-state index in [-0.39, 0.29) is 12.8 Å². The number of rotatable bonds is 33. The largest absolute Gasteiger partial charge is 0.398 e. The van der Waals surface area contributed by atoms with E-state index in [0.717, 1.165) is 56.3 Å². The van der Waals surface area contributed by atoms with Crippen LogP contribution in [0.3, 0.4) is 0 Å². The molecule has 0 aromatic carbocycles.